The van der Waals surface area contributed by atoms with E-state index in [1.165, 1.54) is 19.3 Å². The van der Waals surface area contributed by atoms with Crippen molar-refractivity contribution < 1.29 is 18.8 Å². The first-order valence-electron chi connectivity index (χ1n) is 6.98. The molecular formula is C16H17N3O4. The Kier molecular flexibility index (Phi) is 5.14. The molecule has 0 radical (unpaired) electrons. The summed E-state index contributed by atoms with van der Waals surface area (Å²) in [7, 11) is 0. The van der Waals surface area contributed by atoms with Crippen LogP contribution in [0.5, 0.6) is 0 Å². The highest BCUT2D eigenvalue weighted by atomic mass is 16.3. The van der Waals surface area contributed by atoms with Gasteiger partial charge < -0.3 is 20.4 Å². The summed E-state index contributed by atoms with van der Waals surface area (Å²) in [6.07, 6.45) is 1.39. The third kappa shape index (κ3) is 4.70. The molecule has 7 heteroatoms. The van der Waals surface area contributed by atoms with Crippen LogP contribution in [0.4, 0.5) is 11.4 Å². The molecule has 0 saturated carbocycles. The summed E-state index contributed by atoms with van der Waals surface area (Å²) in [6, 6.07) is 9.03. The molecule has 3 amide bonds. The number of carbonyl (C=O) groups excluding carboxylic acids is 3. The van der Waals surface area contributed by atoms with Crippen LogP contribution in [0.25, 0.3) is 0 Å². The van der Waals surface area contributed by atoms with Gasteiger partial charge in [0.2, 0.25) is 11.8 Å². The minimum Gasteiger partial charge on any atom is -0.459 e. The van der Waals surface area contributed by atoms with Gasteiger partial charge in [0.05, 0.1) is 6.26 Å². The number of anilines is 2. The molecule has 1 aromatic heterocycles. The zero-order chi connectivity index (χ0) is 16.8. The van der Waals surface area contributed by atoms with E-state index in [0.717, 1.165) is 0 Å². The van der Waals surface area contributed by atoms with Crippen LogP contribution in [0.15, 0.2) is 47.1 Å². The maximum Gasteiger partial charge on any atom is 0.287 e. The van der Waals surface area contributed by atoms with Crippen molar-refractivity contribution in [2.45, 2.75) is 19.9 Å². The van der Waals surface area contributed by atoms with Gasteiger partial charge in [0, 0.05) is 18.3 Å². The molecule has 7 nitrogen and oxygen atoms in total. The average Bonchev–Trinajstić information content (AvgIpc) is 3.03. The van der Waals surface area contributed by atoms with E-state index >= 15 is 0 Å². The number of carbonyl (C=O) groups is 3. The van der Waals surface area contributed by atoms with Crippen LogP contribution in [0.2, 0.25) is 0 Å². The van der Waals surface area contributed by atoms with E-state index in [-0.39, 0.29) is 17.6 Å². The molecule has 1 aromatic carbocycles. The van der Waals surface area contributed by atoms with Crippen LogP contribution in [0.1, 0.15) is 24.4 Å². The highest BCUT2D eigenvalue weighted by Crippen LogP contribution is 2.13. The molecule has 3 N–H and O–H groups in total. The molecule has 0 aliphatic carbocycles. The topological polar surface area (TPSA) is 100 Å². The van der Waals surface area contributed by atoms with Crippen LogP contribution >= 0.6 is 0 Å². The Bertz CT molecular complexity index is 693. The number of hydrogen-bond donors (Lipinski definition) is 3. The quantitative estimate of drug-likeness (QED) is 0.785. The fraction of sp³-hybridized carbons (Fsp3) is 0.188. The van der Waals surface area contributed by atoms with Crippen molar-refractivity contribution in [1.29, 1.82) is 0 Å². The monoisotopic (exact) mass is 315 g/mol. The second kappa shape index (κ2) is 7.26. The number of nitrogens with one attached hydrogen (secondary N) is 3. The number of amides is 3. The summed E-state index contributed by atoms with van der Waals surface area (Å²) in [4.78, 5) is 34.8. The first-order valence-corrected chi connectivity index (χ1v) is 6.98. The zero-order valence-electron chi connectivity index (χ0n) is 12.8. The first-order chi connectivity index (χ1) is 11.0. The van der Waals surface area contributed by atoms with Crippen LogP contribution < -0.4 is 16.0 Å². The van der Waals surface area contributed by atoms with E-state index in [9.17, 15) is 14.4 Å². The minimum absolute atomic E-state index is 0.143. The molecule has 0 aliphatic heterocycles. The molecule has 0 saturated heterocycles. The summed E-state index contributed by atoms with van der Waals surface area (Å²) in [5.74, 6) is -0.851. The van der Waals surface area contributed by atoms with Crippen molar-refractivity contribution in [3.8, 4) is 0 Å². The lowest BCUT2D eigenvalue weighted by Crippen LogP contribution is -2.41. The summed E-state index contributed by atoms with van der Waals surface area (Å²) in [5, 5.41) is 7.84. The number of benzene rings is 1. The zero-order valence-corrected chi connectivity index (χ0v) is 12.8. The van der Waals surface area contributed by atoms with Crippen LogP contribution in [0, 0.1) is 0 Å². The van der Waals surface area contributed by atoms with Gasteiger partial charge in [-0.2, -0.15) is 0 Å². The molecule has 2 aromatic rings. The maximum absolute atomic E-state index is 12.1. The molecule has 2 rings (SSSR count). The normalized spacial score (nSPS) is 11.4. The summed E-state index contributed by atoms with van der Waals surface area (Å²) in [6.45, 7) is 2.99. The third-order valence-corrected chi connectivity index (χ3v) is 2.96. The summed E-state index contributed by atoms with van der Waals surface area (Å²) >= 11 is 0. The Morgan fingerprint density at radius 1 is 1.00 bits per heavy atom. The Hall–Kier alpha value is -3.09. The second-order valence-corrected chi connectivity index (χ2v) is 4.92. The lowest BCUT2D eigenvalue weighted by atomic mass is 10.2. The van der Waals surface area contributed by atoms with Gasteiger partial charge in [-0.05, 0) is 43.3 Å². The molecule has 0 unspecified atom stereocenters. The van der Waals surface area contributed by atoms with E-state index in [2.05, 4.69) is 16.0 Å². The predicted octanol–water partition coefficient (Wildman–Crippen LogP) is 1.99. The van der Waals surface area contributed by atoms with Crippen molar-refractivity contribution >= 4 is 29.1 Å². The fourth-order valence-electron chi connectivity index (χ4n) is 1.83. The highest BCUT2D eigenvalue weighted by molar-refractivity contribution is 6.00. The number of furan rings is 1. The smallest absolute Gasteiger partial charge is 0.287 e. The standard InChI is InChI=1S/C16H17N3O4/c1-10(17-16(22)14-4-3-9-23-14)15(21)19-13-7-5-12(6-8-13)18-11(2)20/h3-10H,1-2H3,(H,17,22)(H,18,20)(H,19,21)/t10-/m0/s1. The third-order valence-electron chi connectivity index (χ3n) is 2.96. The molecule has 1 atom stereocenters. The lowest BCUT2D eigenvalue weighted by Gasteiger charge is -2.13. The highest BCUT2D eigenvalue weighted by Gasteiger charge is 2.18. The van der Waals surface area contributed by atoms with E-state index in [1.807, 2.05) is 0 Å². The van der Waals surface area contributed by atoms with E-state index < -0.39 is 11.9 Å². The lowest BCUT2D eigenvalue weighted by molar-refractivity contribution is -0.117. The molecule has 0 spiro atoms. The van der Waals surface area contributed by atoms with Gasteiger partial charge in [-0.3, -0.25) is 14.4 Å². The van der Waals surface area contributed by atoms with Crippen molar-refractivity contribution in [3.05, 3.63) is 48.4 Å². The Balaban J connectivity index is 1.90. The molecule has 0 bridgehead atoms. The maximum atomic E-state index is 12.1. The molecule has 0 fully saturated rings. The summed E-state index contributed by atoms with van der Waals surface area (Å²) in [5.41, 5.74) is 1.19. The van der Waals surface area contributed by atoms with E-state index in [1.54, 1.807) is 37.3 Å². The summed E-state index contributed by atoms with van der Waals surface area (Å²) < 4.78 is 4.96. The van der Waals surface area contributed by atoms with Crippen LogP contribution in [-0.4, -0.2) is 23.8 Å². The van der Waals surface area contributed by atoms with Gasteiger partial charge in [-0.15, -0.1) is 0 Å². The Morgan fingerprint density at radius 2 is 1.61 bits per heavy atom. The number of hydrogen-bond acceptors (Lipinski definition) is 4. The largest absolute Gasteiger partial charge is 0.459 e. The van der Waals surface area contributed by atoms with Crippen molar-refractivity contribution in [2.24, 2.45) is 0 Å². The van der Waals surface area contributed by atoms with Crippen molar-refractivity contribution in [1.82, 2.24) is 5.32 Å². The van der Waals surface area contributed by atoms with E-state index in [4.69, 9.17) is 4.42 Å². The van der Waals surface area contributed by atoms with Crippen LogP contribution in [-0.2, 0) is 9.59 Å². The molecule has 23 heavy (non-hydrogen) atoms. The van der Waals surface area contributed by atoms with Gasteiger partial charge in [-0.1, -0.05) is 0 Å². The van der Waals surface area contributed by atoms with Crippen molar-refractivity contribution in [2.75, 3.05) is 10.6 Å². The molecule has 0 aliphatic rings. The van der Waals surface area contributed by atoms with E-state index in [0.29, 0.717) is 11.4 Å². The number of rotatable bonds is 5. The van der Waals surface area contributed by atoms with Crippen molar-refractivity contribution in [3.63, 3.8) is 0 Å². The predicted molar refractivity (Wildman–Crippen MR) is 85.0 cm³/mol. The van der Waals surface area contributed by atoms with Crippen LogP contribution in [0.3, 0.4) is 0 Å². The van der Waals surface area contributed by atoms with Gasteiger partial charge in [-0.25, -0.2) is 0 Å². The average molecular weight is 315 g/mol. The van der Waals surface area contributed by atoms with Gasteiger partial charge >= 0.3 is 0 Å². The van der Waals surface area contributed by atoms with Gasteiger partial charge in [0.25, 0.3) is 5.91 Å². The Labute approximate surface area is 133 Å². The Morgan fingerprint density at radius 3 is 2.13 bits per heavy atom. The fourth-order valence-corrected chi connectivity index (χ4v) is 1.83. The second-order valence-electron chi connectivity index (χ2n) is 4.92. The van der Waals surface area contributed by atoms with Gasteiger partial charge in [0.1, 0.15) is 6.04 Å². The molecular weight excluding hydrogens is 298 g/mol. The SMILES string of the molecule is CC(=O)Nc1ccc(NC(=O)[C@H](C)NC(=O)c2ccco2)cc1. The molecule has 120 valence electrons. The van der Waals surface area contributed by atoms with Gasteiger partial charge in [0.15, 0.2) is 5.76 Å². The minimum atomic E-state index is -0.734. The molecule has 1 heterocycles. The first kappa shape index (κ1) is 16.3.